The molecule has 1 heterocycles. The first-order valence-corrected chi connectivity index (χ1v) is 8.47. The monoisotopic (exact) mass is 333 g/mol. The van der Waals surface area contributed by atoms with Gasteiger partial charge in [-0.05, 0) is 25.1 Å². The van der Waals surface area contributed by atoms with E-state index in [2.05, 4.69) is 15.5 Å². The zero-order valence-electron chi connectivity index (χ0n) is 13.7. The Labute approximate surface area is 141 Å². The molecule has 0 radical (unpaired) electrons. The smallest absolute Gasteiger partial charge is 0.140 e. The molecule has 2 aromatic rings. The third-order valence-corrected chi connectivity index (χ3v) is 3.86. The fourth-order valence-electron chi connectivity index (χ4n) is 1.91. The zero-order valence-corrected chi connectivity index (χ0v) is 14.5. The van der Waals surface area contributed by atoms with Crippen molar-refractivity contribution in [1.29, 1.82) is 0 Å². The van der Waals surface area contributed by atoms with E-state index in [-0.39, 0.29) is 6.61 Å². The third-order valence-electron chi connectivity index (χ3n) is 3.06. The maximum Gasteiger partial charge on any atom is 0.140 e. The van der Waals surface area contributed by atoms with Crippen molar-refractivity contribution in [2.45, 2.75) is 32.9 Å². The van der Waals surface area contributed by atoms with Crippen molar-refractivity contribution < 1.29 is 9.84 Å². The molecule has 5 nitrogen and oxygen atoms in total. The van der Waals surface area contributed by atoms with Gasteiger partial charge in [0.1, 0.15) is 28.5 Å². The van der Waals surface area contributed by atoms with Gasteiger partial charge in [0.25, 0.3) is 0 Å². The lowest BCUT2D eigenvalue weighted by molar-refractivity contribution is 0.104. The minimum atomic E-state index is -0.541. The highest BCUT2D eigenvalue weighted by Gasteiger charge is 2.07. The summed E-state index contributed by atoms with van der Waals surface area (Å²) in [5.74, 6) is 0.744. The Morgan fingerprint density at radius 1 is 1.26 bits per heavy atom. The van der Waals surface area contributed by atoms with Gasteiger partial charge in [0.05, 0.1) is 0 Å². The van der Waals surface area contributed by atoms with Crippen LogP contribution in [0.4, 0.5) is 0 Å². The van der Waals surface area contributed by atoms with Gasteiger partial charge >= 0.3 is 0 Å². The van der Waals surface area contributed by atoms with Crippen LogP contribution in [-0.2, 0) is 0 Å². The highest BCUT2D eigenvalue weighted by Crippen LogP contribution is 2.21. The van der Waals surface area contributed by atoms with Crippen molar-refractivity contribution in [2.75, 3.05) is 13.2 Å². The first-order valence-electron chi connectivity index (χ1n) is 7.66. The molecule has 2 N–H and O–H groups in total. The van der Waals surface area contributed by atoms with E-state index in [1.165, 1.54) is 0 Å². The van der Waals surface area contributed by atoms with Crippen LogP contribution >= 0.6 is 11.3 Å². The first kappa shape index (κ1) is 17.6. The van der Waals surface area contributed by atoms with Gasteiger partial charge in [-0.2, -0.15) is 0 Å². The second-order valence-electron chi connectivity index (χ2n) is 5.56. The average Bonchev–Trinajstić information content (AvgIpc) is 2.95. The minimum Gasteiger partial charge on any atom is -0.490 e. The van der Waals surface area contributed by atoms with E-state index in [0.717, 1.165) is 21.3 Å². The number of ether oxygens (including phenoxy) is 1. The second-order valence-corrected chi connectivity index (χ2v) is 6.77. The van der Waals surface area contributed by atoms with Crippen molar-refractivity contribution in [3.8, 4) is 5.75 Å². The van der Waals surface area contributed by atoms with Crippen LogP contribution in [0.3, 0.4) is 0 Å². The van der Waals surface area contributed by atoms with Crippen LogP contribution in [0.5, 0.6) is 5.75 Å². The molecule has 1 aromatic carbocycles. The lowest BCUT2D eigenvalue weighted by atomic mass is 10.2. The summed E-state index contributed by atoms with van der Waals surface area (Å²) >= 11 is 1.54. The molecule has 0 fully saturated rings. The van der Waals surface area contributed by atoms with Crippen LogP contribution in [0.1, 0.15) is 29.4 Å². The predicted octanol–water partition coefficient (Wildman–Crippen LogP) is 2.75. The number of aromatic nitrogens is 2. The van der Waals surface area contributed by atoms with Crippen LogP contribution in [-0.4, -0.2) is 40.6 Å². The lowest BCUT2D eigenvalue weighted by Gasteiger charge is -2.16. The number of para-hydroxylation sites is 1. The van der Waals surface area contributed by atoms with E-state index < -0.39 is 6.10 Å². The molecule has 0 spiro atoms. The molecular weight excluding hydrogens is 310 g/mol. The van der Waals surface area contributed by atoms with Crippen molar-refractivity contribution in [3.63, 3.8) is 0 Å². The first-order chi connectivity index (χ1) is 11.0. The van der Waals surface area contributed by atoms with Gasteiger partial charge in [0.2, 0.25) is 0 Å². The Bertz CT molecular complexity index is 640. The molecule has 0 bridgehead atoms. The summed E-state index contributed by atoms with van der Waals surface area (Å²) in [6.07, 6.45) is 3.33. The Morgan fingerprint density at radius 2 is 2.04 bits per heavy atom. The molecule has 23 heavy (non-hydrogen) atoms. The van der Waals surface area contributed by atoms with E-state index in [0.29, 0.717) is 12.6 Å². The number of rotatable bonds is 8. The van der Waals surface area contributed by atoms with Crippen LogP contribution in [0.2, 0.25) is 0 Å². The highest BCUT2D eigenvalue weighted by molar-refractivity contribution is 7.12. The average molecular weight is 333 g/mol. The maximum atomic E-state index is 9.94. The predicted molar refractivity (Wildman–Crippen MR) is 94.7 cm³/mol. The molecule has 124 valence electrons. The molecular formula is C17H23N3O2S. The fraction of sp³-hybridized carbons (Fsp3) is 0.412. The number of aliphatic hydroxyl groups is 1. The third kappa shape index (κ3) is 6.09. The molecule has 0 amide bonds. The maximum absolute atomic E-state index is 9.94. The zero-order chi connectivity index (χ0) is 16.7. The molecule has 1 unspecified atom stereocenters. The molecule has 0 aliphatic rings. The summed E-state index contributed by atoms with van der Waals surface area (Å²) in [5.41, 5.74) is 0.948. The van der Waals surface area contributed by atoms with Crippen molar-refractivity contribution >= 4 is 23.5 Å². The van der Waals surface area contributed by atoms with Crippen molar-refractivity contribution in [3.05, 3.63) is 39.8 Å². The Morgan fingerprint density at radius 3 is 2.74 bits per heavy atom. The molecule has 0 saturated carbocycles. The van der Waals surface area contributed by atoms with E-state index in [1.54, 1.807) is 11.3 Å². The number of aryl methyl sites for hydroxylation is 1. The van der Waals surface area contributed by atoms with Gasteiger partial charge in [-0.15, -0.1) is 10.2 Å². The number of hydrogen-bond acceptors (Lipinski definition) is 6. The Hall–Kier alpha value is -1.76. The fourth-order valence-corrected chi connectivity index (χ4v) is 2.51. The van der Waals surface area contributed by atoms with Gasteiger partial charge in [-0.25, -0.2) is 0 Å². The number of benzene rings is 1. The van der Waals surface area contributed by atoms with E-state index in [4.69, 9.17) is 4.74 Å². The van der Waals surface area contributed by atoms with Gasteiger partial charge in [0.15, 0.2) is 0 Å². The minimum absolute atomic E-state index is 0.252. The standard InChI is InChI=1S/C17H23N3O2S/c1-12(2)18-10-15(21)11-22-16-7-5-4-6-14(16)8-9-17-20-19-13(3)23-17/h4-9,12,15,18,21H,10-11H2,1-3H3. The summed E-state index contributed by atoms with van der Waals surface area (Å²) < 4.78 is 5.75. The van der Waals surface area contributed by atoms with Crippen LogP contribution in [0, 0.1) is 6.92 Å². The number of hydrogen-bond donors (Lipinski definition) is 2. The van der Waals surface area contributed by atoms with Gasteiger partial charge in [-0.3, -0.25) is 0 Å². The second kappa shape index (κ2) is 8.76. The van der Waals surface area contributed by atoms with E-state index in [9.17, 15) is 5.11 Å². The Kier molecular flexibility index (Phi) is 6.70. The van der Waals surface area contributed by atoms with Crippen LogP contribution < -0.4 is 10.1 Å². The molecule has 6 heteroatoms. The molecule has 0 saturated heterocycles. The SMILES string of the molecule is Cc1nnc(C=Cc2ccccc2OCC(O)CNC(C)C)s1. The molecule has 0 aliphatic heterocycles. The highest BCUT2D eigenvalue weighted by atomic mass is 32.1. The van der Waals surface area contributed by atoms with Gasteiger partial charge in [-0.1, -0.05) is 43.4 Å². The number of nitrogens with one attached hydrogen (secondary N) is 1. The molecule has 1 aromatic heterocycles. The van der Waals surface area contributed by atoms with Crippen LogP contribution in [0.15, 0.2) is 24.3 Å². The summed E-state index contributed by atoms with van der Waals surface area (Å²) in [6.45, 7) is 6.78. The van der Waals surface area contributed by atoms with Gasteiger partial charge in [0, 0.05) is 18.2 Å². The van der Waals surface area contributed by atoms with E-state index >= 15 is 0 Å². The number of aliphatic hydroxyl groups excluding tert-OH is 1. The quantitative estimate of drug-likeness (QED) is 0.777. The summed E-state index contributed by atoms with van der Waals surface area (Å²) in [6, 6.07) is 8.08. The molecule has 2 rings (SSSR count). The summed E-state index contributed by atoms with van der Waals surface area (Å²) in [4.78, 5) is 0. The topological polar surface area (TPSA) is 67.3 Å². The molecule has 1 atom stereocenters. The van der Waals surface area contributed by atoms with E-state index in [1.807, 2.05) is 57.2 Å². The Balaban J connectivity index is 1.96. The van der Waals surface area contributed by atoms with Crippen molar-refractivity contribution in [1.82, 2.24) is 15.5 Å². The van der Waals surface area contributed by atoms with Crippen LogP contribution in [0.25, 0.3) is 12.2 Å². The normalized spacial score (nSPS) is 12.9. The lowest BCUT2D eigenvalue weighted by Crippen LogP contribution is -2.35. The molecule has 0 aliphatic carbocycles. The number of nitrogens with zero attached hydrogens (tertiary/aromatic N) is 2. The summed E-state index contributed by atoms with van der Waals surface area (Å²) in [7, 11) is 0. The van der Waals surface area contributed by atoms with Crippen molar-refractivity contribution in [2.24, 2.45) is 0 Å². The summed E-state index contributed by atoms with van der Waals surface area (Å²) in [5, 5.41) is 23.0. The largest absolute Gasteiger partial charge is 0.490 e. The van der Waals surface area contributed by atoms with Gasteiger partial charge < -0.3 is 15.2 Å².